The van der Waals surface area contributed by atoms with Gasteiger partial charge in [-0.3, -0.25) is 9.78 Å². The Morgan fingerprint density at radius 1 is 0.969 bits per heavy atom. The summed E-state index contributed by atoms with van der Waals surface area (Å²) in [4.78, 5) is 22.3. The number of rotatable bonds is 5. The number of hydrogen-bond acceptors (Lipinski definition) is 4. The zero-order chi connectivity index (χ0) is 21.9. The Morgan fingerprint density at radius 3 is 2.50 bits per heavy atom. The van der Waals surface area contributed by atoms with Crippen LogP contribution in [0.15, 0.2) is 95.9 Å². The summed E-state index contributed by atoms with van der Waals surface area (Å²) in [6.45, 7) is 0.530. The van der Waals surface area contributed by atoms with Gasteiger partial charge in [-0.05, 0) is 51.8 Å². The number of benzene rings is 2. The number of nitrogens with one attached hydrogen (secondary N) is 1. The van der Waals surface area contributed by atoms with Gasteiger partial charge in [0, 0.05) is 22.4 Å². The van der Waals surface area contributed by atoms with E-state index in [1.54, 1.807) is 18.6 Å². The maximum absolute atomic E-state index is 13.3. The summed E-state index contributed by atoms with van der Waals surface area (Å²) in [6, 6.07) is 23.0. The molecule has 0 fully saturated rings. The minimum atomic E-state index is -0.218. The zero-order valence-corrected chi connectivity index (χ0v) is 18.5. The van der Waals surface area contributed by atoms with Crippen molar-refractivity contribution in [3.8, 4) is 11.3 Å². The summed E-state index contributed by atoms with van der Waals surface area (Å²) < 4.78 is 2.63. The van der Waals surface area contributed by atoms with E-state index in [0.29, 0.717) is 34.5 Å². The molecule has 156 valence electrons. The Balaban J connectivity index is 1.62. The number of pyridine rings is 2. The normalized spacial score (nSPS) is 10.9. The molecule has 3 heterocycles. The van der Waals surface area contributed by atoms with Gasteiger partial charge in [-0.1, -0.05) is 42.5 Å². The van der Waals surface area contributed by atoms with Crippen LogP contribution in [0.3, 0.4) is 0 Å². The first-order valence-electron chi connectivity index (χ1n) is 10.1. The second-order valence-electron chi connectivity index (χ2n) is 7.25. The molecule has 7 heteroatoms. The molecular weight excluding hydrogens is 466 g/mol. The molecule has 5 aromatic rings. The molecule has 0 aliphatic rings. The van der Waals surface area contributed by atoms with Crippen LogP contribution in [-0.2, 0) is 6.54 Å². The van der Waals surface area contributed by atoms with E-state index in [1.165, 1.54) is 0 Å². The molecule has 1 N–H and O–H groups in total. The Bertz CT molecular complexity index is 1400. The van der Waals surface area contributed by atoms with Gasteiger partial charge in [-0.15, -0.1) is 0 Å². The van der Waals surface area contributed by atoms with Crippen LogP contribution in [0.1, 0.15) is 15.9 Å². The van der Waals surface area contributed by atoms with E-state index in [1.807, 2.05) is 77.5 Å². The van der Waals surface area contributed by atoms with Gasteiger partial charge in [0.25, 0.3) is 5.91 Å². The lowest BCUT2D eigenvalue weighted by Gasteiger charge is -2.11. The molecule has 0 aliphatic heterocycles. The summed E-state index contributed by atoms with van der Waals surface area (Å²) in [5.41, 5.74) is 4.57. The summed E-state index contributed by atoms with van der Waals surface area (Å²) >= 11 is 3.49. The minimum absolute atomic E-state index is 0.218. The number of amides is 1. The van der Waals surface area contributed by atoms with Gasteiger partial charge in [0.05, 0.1) is 35.1 Å². The number of para-hydroxylation sites is 1. The first kappa shape index (κ1) is 20.1. The van der Waals surface area contributed by atoms with Gasteiger partial charge in [0.1, 0.15) is 0 Å². The molecule has 3 aromatic heterocycles. The first-order chi connectivity index (χ1) is 15.7. The molecule has 6 nitrogen and oxygen atoms in total. The van der Waals surface area contributed by atoms with E-state index >= 15 is 0 Å². The molecule has 1 amide bonds. The molecule has 0 unspecified atom stereocenters. The lowest BCUT2D eigenvalue weighted by atomic mass is 10.1. The number of carbonyl (C=O) groups excluding carboxylic acids is 1. The third-order valence-electron chi connectivity index (χ3n) is 5.13. The van der Waals surface area contributed by atoms with Crippen LogP contribution in [0.5, 0.6) is 0 Å². The van der Waals surface area contributed by atoms with Crippen LogP contribution in [0.25, 0.3) is 22.3 Å². The zero-order valence-electron chi connectivity index (χ0n) is 16.9. The Hall–Kier alpha value is -3.84. The highest BCUT2D eigenvalue weighted by Crippen LogP contribution is 2.27. The largest absolute Gasteiger partial charge is 0.321 e. The summed E-state index contributed by atoms with van der Waals surface area (Å²) in [6.07, 6.45) is 5.20. The smallest absolute Gasteiger partial charge is 0.256 e. The number of aromatic nitrogens is 4. The van der Waals surface area contributed by atoms with E-state index < -0.39 is 0 Å². The predicted molar refractivity (Wildman–Crippen MR) is 128 cm³/mol. The topological polar surface area (TPSA) is 72.7 Å². The fourth-order valence-corrected chi connectivity index (χ4v) is 3.91. The summed E-state index contributed by atoms with van der Waals surface area (Å²) in [5, 5.41) is 8.23. The van der Waals surface area contributed by atoms with Crippen molar-refractivity contribution in [1.82, 2.24) is 19.7 Å². The first-order valence-corrected chi connectivity index (χ1v) is 10.8. The lowest BCUT2D eigenvalue weighted by molar-refractivity contribution is 0.102. The number of anilines is 1. The number of fused-ring (bicyclic) bond motifs is 1. The molecule has 0 saturated heterocycles. The van der Waals surface area contributed by atoms with E-state index in [9.17, 15) is 4.79 Å². The average Bonchev–Trinajstić information content (AvgIpc) is 3.23. The van der Waals surface area contributed by atoms with Crippen molar-refractivity contribution < 1.29 is 4.79 Å². The van der Waals surface area contributed by atoms with Crippen LogP contribution in [0.4, 0.5) is 5.69 Å². The molecule has 32 heavy (non-hydrogen) atoms. The molecule has 0 atom stereocenters. The van der Waals surface area contributed by atoms with Crippen molar-refractivity contribution in [3.63, 3.8) is 0 Å². The van der Waals surface area contributed by atoms with Crippen LogP contribution < -0.4 is 5.32 Å². The molecule has 2 aromatic carbocycles. The van der Waals surface area contributed by atoms with Gasteiger partial charge in [0.2, 0.25) is 0 Å². The maximum Gasteiger partial charge on any atom is 0.256 e. The highest BCUT2D eigenvalue weighted by atomic mass is 79.9. The standard InChI is InChI=1S/C25H18BrN5O/c26-21-8-4-5-9-22(21)30-25(32)19-14-23(18-6-2-1-3-7-18)29-24-20(19)15-28-31(24)16-17-10-12-27-13-11-17/h1-15H,16H2,(H,30,32). The Kier molecular flexibility index (Phi) is 5.47. The van der Waals surface area contributed by atoms with Gasteiger partial charge in [0.15, 0.2) is 5.65 Å². The molecule has 0 radical (unpaired) electrons. The van der Waals surface area contributed by atoms with E-state index in [2.05, 4.69) is 31.3 Å². The second kappa shape index (κ2) is 8.72. The average molecular weight is 484 g/mol. The molecule has 0 spiro atoms. The molecular formula is C25H18BrN5O. The lowest BCUT2D eigenvalue weighted by Crippen LogP contribution is -2.13. The molecule has 0 aliphatic carbocycles. The van der Waals surface area contributed by atoms with E-state index in [0.717, 1.165) is 15.6 Å². The summed E-state index contributed by atoms with van der Waals surface area (Å²) in [7, 11) is 0. The number of carbonyl (C=O) groups is 1. The van der Waals surface area contributed by atoms with Crippen LogP contribution in [-0.4, -0.2) is 25.7 Å². The predicted octanol–water partition coefficient (Wildman–Crippen LogP) is 5.56. The third kappa shape index (κ3) is 4.02. The van der Waals surface area contributed by atoms with Crippen molar-refractivity contribution in [3.05, 3.63) is 107 Å². The number of halogens is 1. The van der Waals surface area contributed by atoms with Crippen molar-refractivity contribution in [1.29, 1.82) is 0 Å². The van der Waals surface area contributed by atoms with Gasteiger partial charge in [-0.25, -0.2) is 9.67 Å². The Labute approximate surface area is 193 Å². The highest BCUT2D eigenvalue weighted by molar-refractivity contribution is 9.10. The van der Waals surface area contributed by atoms with Gasteiger partial charge < -0.3 is 5.32 Å². The van der Waals surface area contributed by atoms with Crippen LogP contribution in [0, 0.1) is 0 Å². The number of hydrogen-bond donors (Lipinski definition) is 1. The SMILES string of the molecule is O=C(Nc1ccccc1Br)c1cc(-c2ccccc2)nc2c1cnn2Cc1ccncc1. The van der Waals surface area contributed by atoms with E-state index in [4.69, 9.17) is 4.98 Å². The van der Waals surface area contributed by atoms with Gasteiger partial charge >= 0.3 is 0 Å². The second-order valence-corrected chi connectivity index (χ2v) is 8.10. The number of nitrogens with zero attached hydrogens (tertiary/aromatic N) is 4. The fraction of sp³-hybridized carbons (Fsp3) is 0.0400. The molecule has 5 rings (SSSR count). The quantitative estimate of drug-likeness (QED) is 0.355. The van der Waals surface area contributed by atoms with Crippen molar-refractivity contribution in [2.24, 2.45) is 0 Å². The van der Waals surface area contributed by atoms with Crippen molar-refractivity contribution in [2.75, 3.05) is 5.32 Å². The fourth-order valence-electron chi connectivity index (χ4n) is 3.52. The van der Waals surface area contributed by atoms with Gasteiger partial charge in [-0.2, -0.15) is 5.10 Å². The Morgan fingerprint density at radius 2 is 1.72 bits per heavy atom. The maximum atomic E-state index is 13.3. The van der Waals surface area contributed by atoms with Crippen molar-refractivity contribution >= 4 is 38.6 Å². The monoisotopic (exact) mass is 483 g/mol. The van der Waals surface area contributed by atoms with Crippen LogP contribution >= 0.6 is 15.9 Å². The van der Waals surface area contributed by atoms with E-state index in [-0.39, 0.29) is 5.91 Å². The van der Waals surface area contributed by atoms with Crippen molar-refractivity contribution in [2.45, 2.75) is 6.54 Å². The summed E-state index contributed by atoms with van der Waals surface area (Å²) in [5.74, 6) is -0.218. The van der Waals surface area contributed by atoms with Crippen LogP contribution in [0.2, 0.25) is 0 Å². The molecule has 0 saturated carbocycles. The third-order valence-corrected chi connectivity index (χ3v) is 5.82. The molecule has 0 bridgehead atoms. The highest BCUT2D eigenvalue weighted by Gasteiger charge is 2.18. The minimum Gasteiger partial charge on any atom is -0.321 e.